The van der Waals surface area contributed by atoms with Gasteiger partial charge in [0, 0.05) is 21.3 Å². The normalized spacial score (nSPS) is 18.1. The maximum absolute atomic E-state index is 13.1. The summed E-state index contributed by atoms with van der Waals surface area (Å²) in [5.41, 5.74) is 2.44. The molecule has 4 rings (SSSR count). The number of Topliss-reactive ketones (excluding diaryl/α,β-unsaturated/α-hetero) is 1. The number of ketones is 1. The molecule has 1 atom stereocenters. The monoisotopic (exact) mass is 437 g/mol. The van der Waals surface area contributed by atoms with Crippen LogP contribution in [-0.4, -0.2) is 16.8 Å². The summed E-state index contributed by atoms with van der Waals surface area (Å²) in [6, 6.07) is 19.9. The van der Waals surface area contributed by atoms with E-state index in [2.05, 4.69) is 0 Å². The molecule has 1 heterocycles. The number of aryl methyl sites for hydroxylation is 1. The molecule has 0 spiro atoms. The molecule has 150 valence electrons. The van der Waals surface area contributed by atoms with Crippen molar-refractivity contribution in [3.05, 3.63) is 105 Å². The van der Waals surface area contributed by atoms with Crippen LogP contribution in [0.1, 0.15) is 22.7 Å². The Hall–Kier alpha value is -3.08. The van der Waals surface area contributed by atoms with Crippen LogP contribution in [0.2, 0.25) is 10.0 Å². The quantitative estimate of drug-likeness (QED) is 0.313. The maximum Gasteiger partial charge on any atom is 0.300 e. The third-order valence-corrected chi connectivity index (χ3v) is 5.77. The molecule has 1 N–H and O–H groups in total. The molecule has 0 aliphatic carbocycles. The Balaban J connectivity index is 1.95. The number of hydrogen-bond acceptors (Lipinski definition) is 3. The fraction of sp³-hybridized carbons (Fsp3) is 0.0833. The number of nitrogens with zero attached hydrogens (tertiary/aromatic N) is 1. The van der Waals surface area contributed by atoms with Crippen molar-refractivity contribution in [3.8, 4) is 0 Å². The minimum atomic E-state index is -0.818. The van der Waals surface area contributed by atoms with Crippen LogP contribution in [0, 0.1) is 6.92 Å². The van der Waals surface area contributed by atoms with E-state index >= 15 is 0 Å². The van der Waals surface area contributed by atoms with Crippen molar-refractivity contribution in [3.63, 3.8) is 0 Å². The van der Waals surface area contributed by atoms with E-state index in [0.717, 1.165) is 5.56 Å². The summed E-state index contributed by atoms with van der Waals surface area (Å²) >= 11 is 12.3. The molecule has 0 aromatic heterocycles. The highest BCUT2D eigenvalue weighted by molar-refractivity contribution is 6.51. The molecule has 0 saturated carbocycles. The van der Waals surface area contributed by atoms with E-state index in [0.29, 0.717) is 26.9 Å². The molecule has 1 aliphatic heterocycles. The molecule has 3 aromatic rings. The number of rotatable bonds is 3. The third kappa shape index (κ3) is 3.49. The first kappa shape index (κ1) is 20.2. The summed E-state index contributed by atoms with van der Waals surface area (Å²) in [7, 11) is 0. The fourth-order valence-electron chi connectivity index (χ4n) is 3.54. The topological polar surface area (TPSA) is 57.6 Å². The largest absolute Gasteiger partial charge is 0.507 e. The number of hydrogen-bond donors (Lipinski definition) is 1. The predicted octanol–water partition coefficient (Wildman–Crippen LogP) is 5.93. The van der Waals surface area contributed by atoms with E-state index in [1.54, 1.807) is 72.8 Å². The maximum atomic E-state index is 13.1. The Morgan fingerprint density at radius 1 is 0.933 bits per heavy atom. The first-order valence-electron chi connectivity index (χ1n) is 9.26. The highest BCUT2D eigenvalue weighted by Crippen LogP contribution is 2.43. The van der Waals surface area contributed by atoms with Gasteiger partial charge >= 0.3 is 0 Å². The molecule has 1 saturated heterocycles. The van der Waals surface area contributed by atoms with E-state index in [1.165, 1.54) is 4.90 Å². The van der Waals surface area contributed by atoms with Gasteiger partial charge in [-0.3, -0.25) is 14.5 Å². The molecule has 1 aliphatic rings. The zero-order valence-electron chi connectivity index (χ0n) is 16.0. The highest BCUT2D eigenvalue weighted by Gasteiger charge is 2.47. The molecular weight excluding hydrogens is 421 g/mol. The third-order valence-electron chi connectivity index (χ3n) is 5.11. The SMILES string of the molecule is Cc1ccc(N2C(=O)C(=O)C(=C(O)c3ccccc3)[C@@H]2c2ccc(Cl)cc2)cc1Cl. The van der Waals surface area contributed by atoms with Crippen molar-refractivity contribution in [2.24, 2.45) is 0 Å². The van der Waals surface area contributed by atoms with Gasteiger partial charge in [0.05, 0.1) is 11.6 Å². The average Bonchev–Trinajstić information content (AvgIpc) is 3.01. The van der Waals surface area contributed by atoms with Crippen molar-refractivity contribution >= 4 is 46.3 Å². The van der Waals surface area contributed by atoms with Crippen molar-refractivity contribution in [2.75, 3.05) is 4.90 Å². The summed E-state index contributed by atoms with van der Waals surface area (Å²) in [4.78, 5) is 27.5. The predicted molar refractivity (Wildman–Crippen MR) is 119 cm³/mol. The Labute approximate surface area is 184 Å². The minimum Gasteiger partial charge on any atom is -0.507 e. The zero-order chi connectivity index (χ0) is 21.4. The van der Waals surface area contributed by atoms with Gasteiger partial charge < -0.3 is 5.11 Å². The van der Waals surface area contributed by atoms with Gasteiger partial charge in [0.15, 0.2) is 0 Å². The number of benzene rings is 3. The van der Waals surface area contributed by atoms with Crippen LogP contribution in [0.3, 0.4) is 0 Å². The Morgan fingerprint density at radius 3 is 2.23 bits per heavy atom. The lowest BCUT2D eigenvalue weighted by Gasteiger charge is -2.26. The Morgan fingerprint density at radius 2 is 1.60 bits per heavy atom. The van der Waals surface area contributed by atoms with Crippen LogP contribution in [0.25, 0.3) is 5.76 Å². The van der Waals surface area contributed by atoms with Gasteiger partial charge in [0.2, 0.25) is 0 Å². The minimum absolute atomic E-state index is 0.0187. The van der Waals surface area contributed by atoms with Gasteiger partial charge in [-0.15, -0.1) is 0 Å². The number of carbonyl (C=O) groups excluding carboxylic acids is 2. The smallest absolute Gasteiger partial charge is 0.300 e. The lowest BCUT2D eigenvalue weighted by molar-refractivity contribution is -0.132. The zero-order valence-corrected chi connectivity index (χ0v) is 17.5. The van der Waals surface area contributed by atoms with Gasteiger partial charge in [-0.2, -0.15) is 0 Å². The van der Waals surface area contributed by atoms with Crippen LogP contribution in [-0.2, 0) is 9.59 Å². The molecule has 4 nitrogen and oxygen atoms in total. The molecule has 6 heteroatoms. The van der Waals surface area contributed by atoms with E-state index in [-0.39, 0.29) is 11.3 Å². The van der Waals surface area contributed by atoms with E-state index in [4.69, 9.17) is 23.2 Å². The second-order valence-corrected chi connectivity index (χ2v) is 7.86. The molecule has 0 bridgehead atoms. The lowest BCUT2D eigenvalue weighted by atomic mass is 9.95. The van der Waals surface area contributed by atoms with Crippen molar-refractivity contribution in [1.82, 2.24) is 0 Å². The van der Waals surface area contributed by atoms with Gasteiger partial charge in [-0.25, -0.2) is 0 Å². The molecule has 0 radical (unpaired) electrons. The Bertz CT molecular complexity index is 1170. The van der Waals surface area contributed by atoms with Gasteiger partial charge in [-0.05, 0) is 42.3 Å². The molecule has 1 fully saturated rings. The molecule has 0 unspecified atom stereocenters. The molecule has 1 amide bonds. The number of aliphatic hydroxyl groups is 1. The van der Waals surface area contributed by atoms with Gasteiger partial charge in [0.1, 0.15) is 5.76 Å². The summed E-state index contributed by atoms with van der Waals surface area (Å²) in [6.45, 7) is 1.85. The average molecular weight is 438 g/mol. The number of halogens is 2. The van der Waals surface area contributed by atoms with Crippen molar-refractivity contribution in [1.29, 1.82) is 0 Å². The summed E-state index contributed by atoms with van der Waals surface area (Å²) in [5.74, 6) is -1.71. The van der Waals surface area contributed by atoms with E-state index in [1.807, 2.05) is 6.92 Å². The lowest BCUT2D eigenvalue weighted by Crippen LogP contribution is -2.29. The number of anilines is 1. The summed E-state index contributed by atoms with van der Waals surface area (Å²) in [5, 5.41) is 12.0. The standard InChI is InChI=1S/C24H17Cl2NO3/c1-14-7-12-18(13-19(14)26)27-21(15-8-10-17(25)11-9-15)20(23(29)24(27)30)22(28)16-5-3-2-4-6-16/h2-13,21,28H,1H3/t21-/m0/s1. The second kappa shape index (κ2) is 7.98. The van der Waals surface area contributed by atoms with Crippen LogP contribution in [0.15, 0.2) is 78.4 Å². The summed E-state index contributed by atoms with van der Waals surface area (Å²) < 4.78 is 0. The second-order valence-electron chi connectivity index (χ2n) is 7.02. The first-order valence-corrected chi connectivity index (χ1v) is 10.0. The summed E-state index contributed by atoms with van der Waals surface area (Å²) in [6.07, 6.45) is 0. The van der Waals surface area contributed by atoms with Crippen LogP contribution in [0.4, 0.5) is 5.69 Å². The van der Waals surface area contributed by atoms with Crippen molar-refractivity contribution < 1.29 is 14.7 Å². The fourth-order valence-corrected chi connectivity index (χ4v) is 3.84. The number of aliphatic hydroxyl groups excluding tert-OH is 1. The molecule has 3 aromatic carbocycles. The van der Waals surface area contributed by atoms with E-state index in [9.17, 15) is 14.7 Å². The van der Waals surface area contributed by atoms with E-state index < -0.39 is 17.7 Å². The van der Waals surface area contributed by atoms with Crippen molar-refractivity contribution in [2.45, 2.75) is 13.0 Å². The first-order chi connectivity index (χ1) is 14.4. The highest BCUT2D eigenvalue weighted by atomic mass is 35.5. The number of carbonyl (C=O) groups is 2. The Kier molecular flexibility index (Phi) is 5.37. The van der Waals surface area contributed by atoms with Gasteiger partial charge in [-0.1, -0.05) is 71.7 Å². The van der Waals surface area contributed by atoms with Crippen LogP contribution in [0.5, 0.6) is 0 Å². The number of amides is 1. The van der Waals surface area contributed by atoms with Crippen LogP contribution >= 0.6 is 23.2 Å². The molecule has 30 heavy (non-hydrogen) atoms. The van der Waals surface area contributed by atoms with Gasteiger partial charge in [0.25, 0.3) is 11.7 Å². The molecular formula is C24H17Cl2NO3. The van der Waals surface area contributed by atoms with Crippen LogP contribution < -0.4 is 4.90 Å².